The molecule has 0 aromatic carbocycles. The highest BCUT2D eigenvalue weighted by Gasteiger charge is 2.19. The van der Waals surface area contributed by atoms with E-state index in [-0.39, 0.29) is 0 Å². The van der Waals surface area contributed by atoms with Crippen LogP contribution in [-0.4, -0.2) is 35.2 Å². The molecule has 1 aromatic rings. The van der Waals surface area contributed by atoms with Crippen molar-refractivity contribution in [3.63, 3.8) is 0 Å². The zero-order chi connectivity index (χ0) is 10.7. The van der Waals surface area contributed by atoms with Gasteiger partial charge in [-0.1, -0.05) is 6.08 Å². The number of anilines is 1. The molecule has 0 radical (unpaired) electrons. The Morgan fingerprint density at radius 3 is 2.80 bits per heavy atom. The predicted octanol–water partition coefficient (Wildman–Crippen LogP) is 0.230. The van der Waals surface area contributed by atoms with Gasteiger partial charge in [0.15, 0.2) is 0 Å². The molecule has 1 aliphatic heterocycles. The van der Waals surface area contributed by atoms with E-state index in [4.69, 9.17) is 10.0 Å². The Labute approximate surface area is 89.0 Å². The van der Waals surface area contributed by atoms with Crippen molar-refractivity contribution in [3.05, 3.63) is 36.1 Å². The van der Waals surface area contributed by atoms with E-state index < -0.39 is 7.12 Å². The van der Waals surface area contributed by atoms with E-state index in [1.807, 2.05) is 24.4 Å². The molecule has 0 unspecified atom stereocenters. The van der Waals surface area contributed by atoms with Crippen LogP contribution >= 0.6 is 0 Å². The molecule has 0 fully saturated rings. The van der Waals surface area contributed by atoms with E-state index in [2.05, 4.69) is 9.88 Å². The summed E-state index contributed by atoms with van der Waals surface area (Å²) in [6.07, 6.45) is 6.11. The number of rotatable bonds is 2. The summed E-state index contributed by atoms with van der Waals surface area (Å²) in [6, 6.07) is 3.90. The highest BCUT2D eigenvalue weighted by atomic mass is 16.4. The molecule has 0 aliphatic carbocycles. The van der Waals surface area contributed by atoms with Gasteiger partial charge < -0.3 is 14.9 Å². The Hall–Kier alpha value is -1.33. The van der Waals surface area contributed by atoms with Crippen molar-refractivity contribution in [1.82, 2.24) is 4.98 Å². The average molecular weight is 204 g/mol. The van der Waals surface area contributed by atoms with Crippen molar-refractivity contribution in [1.29, 1.82) is 0 Å². The summed E-state index contributed by atoms with van der Waals surface area (Å²) in [4.78, 5) is 6.20. The van der Waals surface area contributed by atoms with Crippen LogP contribution in [0.3, 0.4) is 0 Å². The Balaban J connectivity index is 2.06. The van der Waals surface area contributed by atoms with Gasteiger partial charge >= 0.3 is 7.12 Å². The molecule has 4 nitrogen and oxygen atoms in total. The molecule has 1 aliphatic rings. The van der Waals surface area contributed by atoms with Crippen LogP contribution in [-0.2, 0) is 0 Å². The minimum absolute atomic E-state index is 0.687. The lowest BCUT2D eigenvalue weighted by Gasteiger charge is -2.27. The van der Waals surface area contributed by atoms with Crippen molar-refractivity contribution in [2.45, 2.75) is 6.42 Å². The third-order valence-corrected chi connectivity index (χ3v) is 2.59. The van der Waals surface area contributed by atoms with Gasteiger partial charge in [-0.3, -0.25) is 4.98 Å². The van der Waals surface area contributed by atoms with E-state index in [1.54, 1.807) is 6.20 Å². The van der Waals surface area contributed by atoms with Crippen LogP contribution in [0, 0.1) is 0 Å². The molecular weight excluding hydrogens is 191 g/mol. The molecule has 0 spiro atoms. The third-order valence-electron chi connectivity index (χ3n) is 2.59. The molecule has 15 heavy (non-hydrogen) atoms. The van der Waals surface area contributed by atoms with E-state index in [1.165, 1.54) is 0 Å². The minimum Gasteiger partial charge on any atom is -0.423 e. The largest absolute Gasteiger partial charge is 0.483 e. The second kappa shape index (κ2) is 4.46. The van der Waals surface area contributed by atoms with E-state index in [0.29, 0.717) is 18.4 Å². The minimum atomic E-state index is -1.30. The molecule has 78 valence electrons. The molecular formula is C10H13BN2O2. The smallest absolute Gasteiger partial charge is 0.423 e. The van der Waals surface area contributed by atoms with Gasteiger partial charge in [0.05, 0.1) is 11.9 Å². The lowest BCUT2D eigenvalue weighted by atomic mass is 9.76. The molecule has 0 atom stereocenters. The van der Waals surface area contributed by atoms with Gasteiger partial charge in [0.1, 0.15) is 0 Å². The van der Waals surface area contributed by atoms with Gasteiger partial charge in [-0.2, -0.15) is 0 Å². The molecule has 0 saturated heterocycles. The lowest BCUT2D eigenvalue weighted by molar-refractivity contribution is 0.415. The molecule has 2 rings (SSSR count). The van der Waals surface area contributed by atoms with Crippen LogP contribution in [0.15, 0.2) is 36.1 Å². The first-order chi connectivity index (χ1) is 7.27. The Morgan fingerprint density at radius 1 is 1.40 bits per heavy atom. The first-order valence-electron chi connectivity index (χ1n) is 4.97. The molecule has 1 aromatic heterocycles. The fourth-order valence-corrected chi connectivity index (χ4v) is 1.69. The highest BCUT2D eigenvalue weighted by Crippen LogP contribution is 2.18. The molecule has 2 heterocycles. The Bertz CT molecular complexity index is 354. The number of pyridine rings is 1. The van der Waals surface area contributed by atoms with Gasteiger partial charge in [-0.05, 0) is 24.0 Å². The van der Waals surface area contributed by atoms with Crippen molar-refractivity contribution < 1.29 is 10.0 Å². The van der Waals surface area contributed by atoms with Crippen LogP contribution < -0.4 is 4.90 Å². The standard InChI is InChI=1S/C10H13BN2O2/c14-11(15)9-3-6-13(7-4-9)10-2-1-5-12-8-10/h1-3,5,8,14-15H,4,6-7H2. The average Bonchev–Trinajstić information content (AvgIpc) is 2.30. The summed E-state index contributed by atoms with van der Waals surface area (Å²) in [6.45, 7) is 1.51. The van der Waals surface area contributed by atoms with E-state index >= 15 is 0 Å². The predicted molar refractivity (Wildman–Crippen MR) is 59.3 cm³/mol. The first kappa shape index (κ1) is 10.2. The summed E-state index contributed by atoms with van der Waals surface area (Å²) in [5, 5.41) is 18.0. The monoisotopic (exact) mass is 204 g/mol. The Kier molecular flexibility index (Phi) is 3.04. The molecule has 0 amide bonds. The number of aromatic nitrogens is 1. The van der Waals surface area contributed by atoms with Gasteiger partial charge in [-0.25, -0.2) is 0 Å². The van der Waals surface area contributed by atoms with Crippen LogP contribution in [0.25, 0.3) is 0 Å². The maximum atomic E-state index is 8.99. The molecule has 2 N–H and O–H groups in total. The summed E-state index contributed by atoms with van der Waals surface area (Å²) in [5.74, 6) is 0. The zero-order valence-corrected chi connectivity index (χ0v) is 8.37. The maximum absolute atomic E-state index is 8.99. The topological polar surface area (TPSA) is 56.6 Å². The SMILES string of the molecule is OB(O)C1=CCN(c2cccnc2)CC1. The van der Waals surface area contributed by atoms with Crippen molar-refractivity contribution in [2.24, 2.45) is 0 Å². The first-order valence-corrected chi connectivity index (χ1v) is 4.97. The van der Waals surface area contributed by atoms with Gasteiger partial charge in [-0.15, -0.1) is 0 Å². The highest BCUT2D eigenvalue weighted by molar-refractivity contribution is 6.50. The fraction of sp³-hybridized carbons (Fsp3) is 0.300. The summed E-state index contributed by atoms with van der Waals surface area (Å²) in [7, 11) is -1.30. The normalized spacial score (nSPS) is 16.1. The van der Waals surface area contributed by atoms with Crippen LogP contribution in [0.1, 0.15) is 6.42 Å². The number of hydrogen-bond donors (Lipinski definition) is 2. The van der Waals surface area contributed by atoms with Gasteiger partial charge in [0.2, 0.25) is 0 Å². The Morgan fingerprint density at radius 2 is 2.27 bits per heavy atom. The lowest BCUT2D eigenvalue weighted by Crippen LogP contribution is -2.32. The second-order valence-corrected chi connectivity index (χ2v) is 3.56. The number of hydrogen-bond acceptors (Lipinski definition) is 4. The maximum Gasteiger partial charge on any atom is 0.483 e. The van der Waals surface area contributed by atoms with Crippen molar-refractivity contribution >= 4 is 12.8 Å². The third kappa shape index (κ3) is 2.37. The van der Waals surface area contributed by atoms with Gasteiger partial charge in [0, 0.05) is 19.3 Å². The van der Waals surface area contributed by atoms with Gasteiger partial charge in [0.25, 0.3) is 0 Å². The van der Waals surface area contributed by atoms with Crippen LogP contribution in [0.5, 0.6) is 0 Å². The fourth-order valence-electron chi connectivity index (χ4n) is 1.69. The van der Waals surface area contributed by atoms with Crippen LogP contribution in [0.2, 0.25) is 0 Å². The van der Waals surface area contributed by atoms with Crippen LogP contribution in [0.4, 0.5) is 5.69 Å². The van der Waals surface area contributed by atoms with Crippen molar-refractivity contribution in [2.75, 3.05) is 18.0 Å². The quantitative estimate of drug-likeness (QED) is 0.677. The van der Waals surface area contributed by atoms with E-state index in [9.17, 15) is 0 Å². The second-order valence-electron chi connectivity index (χ2n) is 3.56. The van der Waals surface area contributed by atoms with Crippen molar-refractivity contribution in [3.8, 4) is 0 Å². The van der Waals surface area contributed by atoms with E-state index in [0.717, 1.165) is 12.2 Å². The zero-order valence-electron chi connectivity index (χ0n) is 8.37. The molecule has 0 saturated carbocycles. The summed E-state index contributed by atoms with van der Waals surface area (Å²) in [5.41, 5.74) is 1.77. The summed E-state index contributed by atoms with van der Waals surface area (Å²) >= 11 is 0. The molecule has 5 heteroatoms. The molecule has 0 bridgehead atoms. The number of nitrogens with zero attached hydrogens (tertiary/aromatic N) is 2. The summed E-state index contributed by atoms with van der Waals surface area (Å²) < 4.78 is 0.